The molecule has 0 amide bonds. The van der Waals surface area contributed by atoms with Crippen molar-refractivity contribution < 1.29 is 0 Å². The normalized spacial score (nSPS) is 11.8. The number of rotatable bonds is 4. The van der Waals surface area contributed by atoms with Gasteiger partial charge in [-0.15, -0.1) is 0 Å². The SMILES string of the molecule is c1ccc(-c2ccc3c(c2)c2ccccc2n3-c2ccc(-c3cccc4cc5c(ccc6c5c5ccccc5n6-c5ccccc5)cc34)cc2)cc1. The Morgan fingerprint density at radius 3 is 1.65 bits per heavy atom. The quantitative estimate of drug-likeness (QED) is 0.166. The molecule has 0 unspecified atom stereocenters. The van der Waals surface area contributed by atoms with E-state index < -0.39 is 0 Å². The largest absolute Gasteiger partial charge is 0.309 e. The summed E-state index contributed by atoms with van der Waals surface area (Å²) < 4.78 is 4.79. The van der Waals surface area contributed by atoms with Crippen LogP contribution in [0.5, 0.6) is 0 Å². The van der Waals surface area contributed by atoms with Gasteiger partial charge in [0.2, 0.25) is 0 Å². The average Bonchev–Trinajstić information content (AvgIpc) is 3.73. The summed E-state index contributed by atoms with van der Waals surface area (Å²) in [5.74, 6) is 0. The van der Waals surface area contributed by atoms with Gasteiger partial charge in [0.15, 0.2) is 0 Å². The van der Waals surface area contributed by atoms with Crippen LogP contribution in [-0.4, -0.2) is 9.13 Å². The minimum atomic E-state index is 1.16. The number of hydrogen-bond donors (Lipinski definition) is 0. The Morgan fingerprint density at radius 1 is 0.269 bits per heavy atom. The lowest BCUT2D eigenvalue weighted by Crippen LogP contribution is -1.94. The maximum atomic E-state index is 2.40. The van der Waals surface area contributed by atoms with E-state index in [-0.39, 0.29) is 0 Å². The molecule has 0 radical (unpaired) electrons. The number of aromatic nitrogens is 2. The lowest BCUT2D eigenvalue weighted by Gasteiger charge is -2.12. The van der Waals surface area contributed by atoms with Crippen LogP contribution in [0.3, 0.4) is 0 Å². The molecule has 0 saturated heterocycles. The first kappa shape index (κ1) is 28.9. The van der Waals surface area contributed by atoms with Gasteiger partial charge in [0, 0.05) is 32.9 Å². The number of benzene rings is 9. The highest BCUT2D eigenvalue weighted by Gasteiger charge is 2.17. The molecule has 0 aliphatic carbocycles. The van der Waals surface area contributed by atoms with Gasteiger partial charge in [0.1, 0.15) is 0 Å². The van der Waals surface area contributed by atoms with Gasteiger partial charge >= 0.3 is 0 Å². The monoisotopic (exact) mass is 660 g/mol. The standard InChI is InChI=1S/C50H32N2/c1-3-12-33(13-4-1)35-24-28-48-45(30-35)41-17-7-9-20-46(41)51(48)39-26-22-34(23-27-39)40-19-11-14-36-32-44-37(31-43(36)40)25-29-49-50(44)42-18-8-10-21-47(42)52(49)38-15-5-2-6-16-38/h1-32H. The molecule has 52 heavy (non-hydrogen) atoms. The van der Waals surface area contributed by atoms with Gasteiger partial charge in [0.25, 0.3) is 0 Å². The van der Waals surface area contributed by atoms with Crippen LogP contribution < -0.4 is 0 Å². The van der Waals surface area contributed by atoms with Crippen molar-refractivity contribution in [2.75, 3.05) is 0 Å². The fourth-order valence-electron chi connectivity index (χ4n) is 8.52. The van der Waals surface area contributed by atoms with Crippen LogP contribution in [0.2, 0.25) is 0 Å². The summed E-state index contributed by atoms with van der Waals surface area (Å²) in [5, 5.41) is 10.2. The molecule has 0 saturated carbocycles. The Morgan fingerprint density at radius 2 is 0.846 bits per heavy atom. The number of para-hydroxylation sites is 3. The molecule has 0 bridgehead atoms. The van der Waals surface area contributed by atoms with Crippen LogP contribution >= 0.6 is 0 Å². The molecular weight excluding hydrogens is 629 g/mol. The highest BCUT2D eigenvalue weighted by atomic mass is 15.0. The predicted molar refractivity (Wildman–Crippen MR) is 221 cm³/mol. The van der Waals surface area contributed by atoms with Crippen LogP contribution in [-0.2, 0) is 0 Å². The van der Waals surface area contributed by atoms with Crippen molar-refractivity contribution in [2.24, 2.45) is 0 Å². The van der Waals surface area contributed by atoms with Gasteiger partial charge in [-0.1, -0.05) is 127 Å². The third kappa shape index (κ3) is 4.31. The fraction of sp³-hybridized carbons (Fsp3) is 0. The summed E-state index contributed by atoms with van der Waals surface area (Å²) in [6.45, 7) is 0. The van der Waals surface area contributed by atoms with E-state index in [2.05, 4.69) is 203 Å². The molecule has 11 aromatic rings. The predicted octanol–water partition coefficient (Wildman–Crippen LogP) is 13.5. The molecule has 9 aromatic carbocycles. The molecule has 2 heteroatoms. The van der Waals surface area contributed by atoms with Crippen molar-refractivity contribution in [3.8, 4) is 33.6 Å². The zero-order valence-electron chi connectivity index (χ0n) is 28.4. The lowest BCUT2D eigenvalue weighted by atomic mass is 9.94. The van der Waals surface area contributed by atoms with Crippen LogP contribution in [0, 0.1) is 0 Å². The third-order valence-electron chi connectivity index (χ3n) is 10.9. The van der Waals surface area contributed by atoms with Gasteiger partial charge in [0.05, 0.1) is 22.1 Å². The van der Waals surface area contributed by atoms with E-state index in [1.54, 1.807) is 0 Å². The molecule has 0 spiro atoms. The van der Waals surface area contributed by atoms with E-state index in [9.17, 15) is 0 Å². The van der Waals surface area contributed by atoms with E-state index in [1.165, 1.54) is 93.1 Å². The first-order valence-corrected chi connectivity index (χ1v) is 17.9. The summed E-state index contributed by atoms with van der Waals surface area (Å²) in [7, 11) is 0. The minimum Gasteiger partial charge on any atom is -0.309 e. The summed E-state index contributed by atoms with van der Waals surface area (Å²) in [6.07, 6.45) is 0. The van der Waals surface area contributed by atoms with Gasteiger partial charge in [-0.3, -0.25) is 0 Å². The zero-order valence-corrected chi connectivity index (χ0v) is 28.4. The highest BCUT2D eigenvalue weighted by Crippen LogP contribution is 2.41. The molecule has 0 atom stereocenters. The Bertz CT molecular complexity index is 3150. The third-order valence-corrected chi connectivity index (χ3v) is 10.9. The molecule has 0 aliphatic rings. The Kier molecular flexibility index (Phi) is 6.28. The van der Waals surface area contributed by atoms with Gasteiger partial charge in [-0.05, 0) is 111 Å². The maximum absolute atomic E-state index is 2.40. The average molecular weight is 661 g/mol. The van der Waals surface area contributed by atoms with Crippen molar-refractivity contribution in [3.05, 3.63) is 194 Å². The second-order valence-corrected chi connectivity index (χ2v) is 13.7. The van der Waals surface area contributed by atoms with Gasteiger partial charge in [-0.25, -0.2) is 0 Å². The Labute approximate surface area is 301 Å². The topological polar surface area (TPSA) is 9.86 Å². The first-order valence-electron chi connectivity index (χ1n) is 17.9. The van der Waals surface area contributed by atoms with Crippen molar-refractivity contribution in [3.63, 3.8) is 0 Å². The number of hydrogen-bond acceptors (Lipinski definition) is 0. The molecule has 2 nitrogen and oxygen atoms in total. The van der Waals surface area contributed by atoms with Crippen molar-refractivity contribution in [1.82, 2.24) is 9.13 Å². The Hall–Kier alpha value is -6.90. The smallest absolute Gasteiger partial charge is 0.0547 e. The van der Waals surface area contributed by atoms with Crippen LogP contribution in [0.1, 0.15) is 0 Å². The number of fused-ring (bicyclic) bond motifs is 9. The second-order valence-electron chi connectivity index (χ2n) is 13.7. The van der Waals surface area contributed by atoms with Crippen molar-refractivity contribution >= 4 is 65.2 Å². The molecule has 0 aliphatic heterocycles. The summed E-state index contributed by atoms with van der Waals surface area (Å²) in [5.41, 5.74) is 12.1. The molecule has 0 N–H and O–H groups in total. The second kappa shape index (κ2) is 11.3. The Balaban J connectivity index is 1.05. The molecule has 0 fully saturated rings. The lowest BCUT2D eigenvalue weighted by molar-refractivity contribution is 1.18. The molecule has 2 aromatic heterocycles. The van der Waals surface area contributed by atoms with E-state index >= 15 is 0 Å². The number of nitrogens with zero attached hydrogens (tertiary/aromatic N) is 2. The first-order chi connectivity index (χ1) is 25.8. The molecular formula is C50H32N2. The zero-order chi connectivity index (χ0) is 34.2. The minimum absolute atomic E-state index is 1.16. The van der Waals surface area contributed by atoms with Crippen molar-refractivity contribution in [1.29, 1.82) is 0 Å². The van der Waals surface area contributed by atoms with Crippen molar-refractivity contribution in [2.45, 2.75) is 0 Å². The van der Waals surface area contributed by atoms with Gasteiger partial charge < -0.3 is 9.13 Å². The van der Waals surface area contributed by atoms with E-state index in [0.717, 1.165) is 5.69 Å². The maximum Gasteiger partial charge on any atom is 0.0547 e. The molecule has 11 rings (SSSR count). The van der Waals surface area contributed by atoms with E-state index in [4.69, 9.17) is 0 Å². The fourth-order valence-corrected chi connectivity index (χ4v) is 8.52. The van der Waals surface area contributed by atoms with Crippen LogP contribution in [0.4, 0.5) is 0 Å². The highest BCUT2D eigenvalue weighted by molar-refractivity contribution is 6.23. The molecule has 242 valence electrons. The molecule has 2 heterocycles. The summed E-state index contributed by atoms with van der Waals surface area (Å²) >= 11 is 0. The van der Waals surface area contributed by atoms with Crippen LogP contribution in [0.15, 0.2) is 194 Å². The summed E-state index contributed by atoms with van der Waals surface area (Å²) in [4.78, 5) is 0. The summed E-state index contributed by atoms with van der Waals surface area (Å²) in [6, 6.07) is 70.9. The van der Waals surface area contributed by atoms with E-state index in [0.29, 0.717) is 0 Å². The van der Waals surface area contributed by atoms with Gasteiger partial charge in [-0.2, -0.15) is 0 Å². The van der Waals surface area contributed by atoms with Crippen LogP contribution in [0.25, 0.3) is 98.8 Å². The van der Waals surface area contributed by atoms with E-state index in [1.807, 2.05) is 0 Å².